The van der Waals surface area contributed by atoms with Crippen molar-refractivity contribution in [2.24, 2.45) is 23.5 Å². The maximum absolute atomic E-state index is 5.55. The van der Waals surface area contributed by atoms with E-state index in [1.807, 2.05) is 0 Å². The molecule has 0 unspecified atom stereocenters. The van der Waals surface area contributed by atoms with Gasteiger partial charge in [-0.25, -0.2) is 0 Å². The summed E-state index contributed by atoms with van der Waals surface area (Å²) in [5.41, 5.74) is 5.55. The average molecular weight is 169 g/mol. The van der Waals surface area contributed by atoms with Crippen molar-refractivity contribution in [2.75, 3.05) is 6.54 Å². The molecule has 1 rings (SSSR count). The Kier molecular flexibility index (Phi) is 4.07. The van der Waals surface area contributed by atoms with Crippen LogP contribution in [0.25, 0.3) is 0 Å². The molecule has 1 nitrogen and oxygen atoms in total. The first-order valence-electron chi connectivity index (χ1n) is 5.44. The molecular formula is C11H23N. The van der Waals surface area contributed by atoms with Crippen molar-refractivity contribution in [1.82, 2.24) is 0 Å². The summed E-state index contributed by atoms with van der Waals surface area (Å²) in [4.78, 5) is 0. The summed E-state index contributed by atoms with van der Waals surface area (Å²) in [6, 6.07) is 0. The van der Waals surface area contributed by atoms with Crippen molar-refractivity contribution in [3.8, 4) is 0 Å². The van der Waals surface area contributed by atoms with E-state index < -0.39 is 0 Å². The van der Waals surface area contributed by atoms with Crippen molar-refractivity contribution < 1.29 is 0 Å². The van der Waals surface area contributed by atoms with Crippen LogP contribution in [0.15, 0.2) is 0 Å². The summed E-state index contributed by atoms with van der Waals surface area (Å²) in [7, 11) is 0. The number of hydrogen-bond donors (Lipinski definition) is 1. The minimum absolute atomic E-state index is 0.886. The molecule has 1 fully saturated rings. The first-order chi connectivity index (χ1) is 5.74. The van der Waals surface area contributed by atoms with E-state index in [4.69, 9.17) is 5.73 Å². The lowest BCUT2D eigenvalue weighted by Gasteiger charge is -2.30. The standard InChI is InChI=1S/C11H23N/c1-9(2)11-5-3-10(4-6-11)7-8-12/h9-11H,3-8,12H2,1-2H3. The number of rotatable bonds is 3. The molecule has 1 heteroatoms. The van der Waals surface area contributed by atoms with Crippen molar-refractivity contribution >= 4 is 0 Å². The van der Waals surface area contributed by atoms with Gasteiger partial charge in [0.25, 0.3) is 0 Å². The molecule has 0 heterocycles. The molecule has 1 saturated carbocycles. The zero-order valence-corrected chi connectivity index (χ0v) is 8.55. The van der Waals surface area contributed by atoms with Crippen molar-refractivity contribution in [2.45, 2.75) is 46.0 Å². The van der Waals surface area contributed by atoms with Crippen LogP contribution in [0.2, 0.25) is 0 Å². The summed E-state index contributed by atoms with van der Waals surface area (Å²) < 4.78 is 0. The van der Waals surface area contributed by atoms with Crippen molar-refractivity contribution in [3.63, 3.8) is 0 Å². The molecule has 0 radical (unpaired) electrons. The smallest absolute Gasteiger partial charge is 0.00746 e. The SMILES string of the molecule is CC(C)C1CCC(CCN)CC1. The van der Waals surface area contributed by atoms with Crippen LogP contribution < -0.4 is 5.73 Å². The van der Waals surface area contributed by atoms with Gasteiger partial charge in [-0.05, 0) is 43.6 Å². The maximum Gasteiger partial charge on any atom is -0.00746 e. The summed E-state index contributed by atoms with van der Waals surface area (Å²) in [6.45, 7) is 5.60. The van der Waals surface area contributed by atoms with Crippen LogP contribution in [-0.2, 0) is 0 Å². The van der Waals surface area contributed by atoms with E-state index in [2.05, 4.69) is 13.8 Å². The Morgan fingerprint density at radius 2 is 1.75 bits per heavy atom. The van der Waals surface area contributed by atoms with E-state index >= 15 is 0 Å². The van der Waals surface area contributed by atoms with E-state index in [1.165, 1.54) is 32.1 Å². The molecule has 0 spiro atoms. The predicted octanol–water partition coefficient (Wildman–Crippen LogP) is 2.80. The third kappa shape index (κ3) is 2.78. The topological polar surface area (TPSA) is 26.0 Å². The monoisotopic (exact) mass is 169 g/mol. The fourth-order valence-electron chi connectivity index (χ4n) is 2.38. The highest BCUT2D eigenvalue weighted by molar-refractivity contribution is 4.74. The van der Waals surface area contributed by atoms with Crippen LogP contribution in [0.1, 0.15) is 46.0 Å². The van der Waals surface area contributed by atoms with Crippen LogP contribution in [0, 0.1) is 17.8 Å². The van der Waals surface area contributed by atoms with Crippen LogP contribution in [0.3, 0.4) is 0 Å². The van der Waals surface area contributed by atoms with Crippen molar-refractivity contribution in [1.29, 1.82) is 0 Å². The van der Waals surface area contributed by atoms with E-state index in [0.29, 0.717) is 0 Å². The lowest BCUT2D eigenvalue weighted by atomic mass is 9.76. The zero-order chi connectivity index (χ0) is 8.97. The third-order valence-electron chi connectivity index (χ3n) is 3.41. The highest BCUT2D eigenvalue weighted by Gasteiger charge is 2.22. The van der Waals surface area contributed by atoms with Gasteiger partial charge in [0.05, 0.1) is 0 Å². The molecule has 1 aliphatic rings. The Morgan fingerprint density at radius 1 is 1.17 bits per heavy atom. The quantitative estimate of drug-likeness (QED) is 0.690. The second kappa shape index (κ2) is 4.86. The van der Waals surface area contributed by atoms with Gasteiger partial charge < -0.3 is 5.73 Å². The van der Waals surface area contributed by atoms with Gasteiger partial charge in [0, 0.05) is 0 Å². The normalized spacial score (nSPS) is 31.0. The second-order valence-electron chi connectivity index (χ2n) is 4.60. The van der Waals surface area contributed by atoms with Crippen molar-refractivity contribution in [3.05, 3.63) is 0 Å². The van der Waals surface area contributed by atoms with Gasteiger partial charge in [-0.2, -0.15) is 0 Å². The highest BCUT2D eigenvalue weighted by atomic mass is 14.5. The van der Waals surface area contributed by atoms with Gasteiger partial charge >= 0.3 is 0 Å². The minimum atomic E-state index is 0.886. The van der Waals surface area contributed by atoms with E-state index in [0.717, 1.165) is 24.3 Å². The molecule has 0 aromatic carbocycles. The summed E-state index contributed by atoms with van der Waals surface area (Å²) in [5.74, 6) is 2.84. The molecule has 12 heavy (non-hydrogen) atoms. The molecule has 0 aliphatic heterocycles. The first-order valence-corrected chi connectivity index (χ1v) is 5.44. The van der Waals surface area contributed by atoms with Gasteiger partial charge in [-0.1, -0.05) is 26.7 Å². The Morgan fingerprint density at radius 3 is 2.17 bits per heavy atom. The minimum Gasteiger partial charge on any atom is -0.330 e. The summed E-state index contributed by atoms with van der Waals surface area (Å²) >= 11 is 0. The molecule has 2 N–H and O–H groups in total. The molecule has 72 valence electrons. The lowest BCUT2D eigenvalue weighted by molar-refractivity contribution is 0.218. The summed E-state index contributed by atoms with van der Waals surface area (Å²) in [6.07, 6.45) is 7.01. The Bertz CT molecular complexity index is 112. The van der Waals surface area contributed by atoms with Gasteiger partial charge in [0.2, 0.25) is 0 Å². The largest absolute Gasteiger partial charge is 0.330 e. The average Bonchev–Trinajstić information content (AvgIpc) is 2.06. The third-order valence-corrected chi connectivity index (χ3v) is 3.41. The Balaban J connectivity index is 2.20. The van der Waals surface area contributed by atoms with E-state index in [-0.39, 0.29) is 0 Å². The molecule has 0 amide bonds. The van der Waals surface area contributed by atoms with Crippen LogP contribution >= 0.6 is 0 Å². The molecule has 0 atom stereocenters. The Hall–Kier alpha value is -0.0400. The fraction of sp³-hybridized carbons (Fsp3) is 1.00. The second-order valence-corrected chi connectivity index (χ2v) is 4.60. The molecule has 1 aliphatic carbocycles. The van der Waals surface area contributed by atoms with E-state index in [1.54, 1.807) is 0 Å². The van der Waals surface area contributed by atoms with Crippen LogP contribution in [-0.4, -0.2) is 6.54 Å². The maximum atomic E-state index is 5.55. The molecule has 0 aromatic heterocycles. The molecular weight excluding hydrogens is 146 g/mol. The van der Waals surface area contributed by atoms with Gasteiger partial charge in [-0.3, -0.25) is 0 Å². The number of nitrogens with two attached hydrogens (primary N) is 1. The van der Waals surface area contributed by atoms with Gasteiger partial charge in [-0.15, -0.1) is 0 Å². The zero-order valence-electron chi connectivity index (χ0n) is 8.55. The molecule has 0 bridgehead atoms. The highest BCUT2D eigenvalue weighted by Crippen LogP contribution is 2.34. The van der Waals surface area contributed by atoms with Crippen LogP contribution in [0.5, 0.6) is 0 Å². The lowest BCUT2D eigenvalue weighted by Crippen LogP contribution is -2.20. The van der Waals surface area contributed by atoms with Gasteiger partial charge in [0.1, 0.15) is 0 Å². The van der Waals surface area contributed by atoms with E-state index in [9.17, 15) is 0 Å². The predicted molar refractivity (Wildman–Crippen MR) is 54.0 cm³/mol. The van der Waals surface area contributed by atoms with Crippen LogP contribution in [0.4, 0.5) is 0 Å². The number of hydrogen-bond acceptors (Lipinski definition) is 1. The molecule has 0 aromatic rings. The molecule has 0 saturated heterocycles. The fourth-order valence-corrected chi connectivity index (χ4v) is 2.38. The first kappa shape index (κ1) is 10.0. The summed E-state index contributed by atoms with van der Waals surface area (Å²) in [5, 5.41) is 0. The van der Waals surface area contributed by atoms with Gasteiger partial charge in [0.15, 0.2) is 0 Å². The Labute approximate surface area is 76.7 Å².